The van der Waals surface area contributed by atoms with Crippen molar-refractivity contribution in [2.24, 2.45) is 0 Å². The van der Waals surface area contributed by atoms with Gasteiger partial charge in [0.25, 0.3) is 5.56 Å². The van der Waals surface area contributed by atoms with Crippen molar-refractivity contribution in [1.82, 2.24) is 19.3 Å². The Labute approximate surface area is 166 Å². The van der Waals surface area contributed by atoms with Crippen molar-refractivity contribution in [2.45, 2.75) is 39.3 Å². The van der Waals surface area contributed by atoms with Crippen LogP contribution in [0, 0.1) is 13.8 Å². The highest BCUT2D eigenvalue weighted by atomic mass is 32.1. The third-order valence-electron chi connectivity index (χ3n) is 5.04. The zero-order valence-corrected chi connectivity index (χ0v) is 16.6. The van der Waals surface area contributed by atoms with Crippen molar-refractivity contribution in [3.63, 3.8) is 0 Å². The minimum absolute atomic E-state index is 0.126. The summed E-state index contributed by atoms with van der Waals surface area (Å²) in [6.07, 6.45) is 4.15. The average molecular weight is 392 g/mol. The molecular formula is C21H20N4O2S. The monoisotopic (exact) mass is 392 g/mol. The number of aryl methyl sites for hydroxylation is 2. The molecule has 142 valence electrons. The Morgan fingerprint density at radius 3 is 2.79 bits per heavy atom. The van der Waals surface area contributed by atoms with Gasteiger partial charge in [-0.05, 0) is 51.0 Å². The molecule has 0 atom stereocenters. The second-order valence-electron chi connectivity index (χ2n) is 7.18. The summed E-state index contributed by atoms with van der Waals surface area (Å²) in [4.78, 5) is 17.0. The molecule has 0 amide bonds. The molecule has 7 heteroatoms. The first-order valence-electron chi connectivity index (χ1n) is 9.34. The maximum Gasteiger partial charge on any atom is 0.258 e. The molecule has 0 aliphatic heterocycles. The van der Waals surface area contributed by atoms with Gasteiger partial charge in [-0.3, -0.25) is 14.0 Å². The van der Waals surface area contributed by atoms with Gasteiger partial charge in [0, 0.05) is 34.4 Å². The van der Waals surface area contributed by atoms with E-state index >= 15 is 0 Å². The molecule has 1 saturated carbocycles. The minimum Gasteiger partial charge on any atom is -0.487 e. The molecule has 0 bridgehead atoms. The summed E-state index contributed by atoms with van der Waals surface area (Å²) in [5, 5.41) is 8.77. The van der Waals surface area contributed by atoms with Crippen LogP contribution in [0.4, 0.5) is 0 Å². The Morgan fingerprint density at radius 1 is 1.21 bits per heavy atom. The van der Waals surface area contributed by atoms with Gasteiger partial charge in [0.2, 0.25) is 0 Å². The number of hydrogen-bond donors (Lipinski definition) is 0. The lowest BCUT2D eigenvalue weighted by molar-refractivity contribution is 0.301. The summed E-state index contributed by atoms with van der Waals surface area (Å²) < 4.78 is 9.47. The molecule has 6 nitrogen and oxygen atoms in total. The van der Waals surface area contributed by atoms with Crippen molar-refractivity contribution in [2.75, 3.05) is 0 Å². The fraction of sp³-hybridized carbons (Fsp3) is 0.286. The lowest BCUT2D eigenvalue weighted by Gasteiger charge is -2.08. The number of ether oxygens (including phenoxy) is 1. The normalized spacial score (nSPS) is 13.9. The van der Waals surface area contributed by atoms with Gasteiger partial charge in [-0.2, -0.15) is 5.10 Å². The number of pyridine rings is 1. The average Bonchev–Trinajstić information content (AvgIpc) is 3.37. The summed E-state index contributed by atoms with van der Waals surface area (Å²) in [5.41, 5.74) is 3.71. The van der Waals surface area contributed by atoms with E-state index < -0.39 is 0 Å². The predicted octanol–water partition coefficient (Wildman–Crippen LogP) is 4.17. The first-order chi connectivity index (χ1) is 13.6. The Bertz CT molecular complexity index is 1230. The first-order valence-corrected chi connectivity index (χ1v) is 10.2. The Balaban J connectivity index is 1.42. The molecule has 28 heavy (non-hydrogen) atoms. The minimum atomic E-state index is -0.126. The Kier molecular flexibility index (Phi) is 4.05. The maximum absolute atomic E-state index is 12.6. The van der Waals surface area contributed by atoms with Crippen molar-refractivity contribution < 1.29 is 4.74 Å². The number of nitrogens with zero attached hydrogens (tertiary/aromatic N) is 4. The zero-order chi connectivity index (χ0) is 19.3. The van der Waals surface area contributed by atoms with Crippen LogP contribution in [0.5, 0.6) is 5.75 Å². The van der Waals surface area contributed by atoms with Gasteiger partial charge in [-0.25, -0.2) is 4.98 Å². The Hall–Kier alpha value is -2.93. The van der Waals surface area contributed by atoms with Crippen LogP contribution in [0.15, 0.2) is 46.7 Å². The number of hydrogen-bond acceptors (Lipinski definition) is 5. The summed E-state index contributed by atoms with van der Waals surface area (Å²) in [5.74, 6) is 0.547. The van der Waals surface area contributed by atoms with Gasteiger partial charge in [-0.1, -0.05) is 0 Å². The van der Waals surface area contributed by atoms with Gasteiger partial charge in [0.1, 0.15) is 12.4 Å². The zero-order valence-electron chi connectivity index (χ0n) is 15.8. The van der Waals surface area contributed by atoms with Crippen LogP contribution in [0.3, 0.4) is 0 Å². The molecule has 0 unspecified atom stereocenters. The molecule has 0 saturated heterocycles. The summed E-state index contributed by atoms with van der Waals surface area (Å²) in [7, 11) is 0. The van der Waals surface area contributed by atoms with Crippen LogP contribution >= 0.6 is 11.3 Å². The van der Waals surface area contributed by atoms with Crippen LogP contribution < -0.4 is 10.3 Å². The molecule has 5 rings (SSSR count). The fourth-order valence-corrected chi connectivity index (χ4v) is 4.03. The van der Waals surface area contributed by atoms with Crippen molar-refractivity contribution in [1.29, 1.82) is 0 Å². The van der Waals surface area contributed by atoms with Crippen LogP contribution in [0.1, 0.15) is 35.3 Å². The molecule has 1 aromatic carbocycles. The molecule has 3 aromatic heterocycles. The van der Waals surface area contributed by atoms with Gasteiger partial charge in [0.05, 0.1) is 22.3 Å². The molecule has 1 aliphatic rings. The van der Waals surface area contributed by atoms with Gasteiger partial charge >= 0.3 is 0 Å². The molecule has 0 spiro atoms. The topological polar surface area (TPSA) is 61.9 Å². The first kappa shape index (κ1) is 17.2. The van der Waals surface area contributed by atoms with E-state index in [0.717, 1.165) is 33.0 Å². The summed E-state index contributed by atoms with van der Waals surface area (Å²) >= 11 is 1.59. The summed E-state index contributed by atoms with van der Waals surface area (Å²) in [6, 6.07) is 9.83. The predicted molar refractivity (Wildman–Crippen MR) is 110 cm³/mol. The van der Waals surface area contributed by atoms with Crippen molar-refractivity contribution in [3.05, 3.63) is 68.7 Å². The van der Waals surface area contributed by atoms with E-state index in [2.05, 4.69) is 16.6 Å². The molecular weight excluding hydrogens is 372 g/mol. The van der Waals surface area contributed by atoms with E-state index in [0.29, 0.717) is 18.4 Å². The lowest BCUT2D eigenvalue weighted by Crippen LogP contribution is -2.16. The largest absolute Gasteiger partial charge is 0.487 e. The number of rotatable bonds is 5. The molecule has 4 aromatic rings. The van der Waals surface area contributed by atoms with Crippen molar-refractivity contribution >= 4 is 22.2 Å². The van der Waals surface area contributed by atoms with Crippen LogP contribution in [-0.2, 0) is 6.61 Å². The third-order valence-corrected chi connectivity index (χ3v) is 5.87. The SMILES string of the molecule is Cc1nc(COc2ccn(-c3ccc4nn(C5CC5)c(C)c4c3)c(=O)c2)cs1. The maximum atomic E-state index is 12.6. The highest BCUT2D eigenvalue weighted by Crippen LogP contribution is 2.37. The van der Waals surface area contributed by atoms with Gasteiger partial charge in [0.15, 0.2) is 0 Å². The van der Waals surface area contributed by atoms with Crippen LogP contribution in [-0.4, -0.2) is 19.3 Å². The third kappa shape index (κ3) is 3.11. The van der Waals surface area contributed by atoms with E-state index in [1.165, 1.54) is 18.9 Å². The molecule has 0 radical (unpaired) electrons. The molecule has 3 heterocycles. The Morgan fingerprint density at radius 2 is 2.07 bits per heavy atom. The van der Waals surface area contributed by atoms with Gasteiger partial charge in [-0.15, -0.1) is 11.3 Å². The second kappa shape index (κ2) is 6.60. The quantitative estimate of drug-likeness (QED) is 0.511. The standard InChI is InChI=1S/C21H20N4O2S/c1-13-19-9-17(5-6-20(19)23-25(13)16-3-4-16)24-8-7-18(10-21(24)26)27-11-15-12-28-14(2)22-15/h5-10,12,16H,3-4,11H2,1-2H3. The molecule has 0 N–H and O–H groups in total. The van der Waals surface area contributed by atoms with E-state index in [9.17, 15) is 4.79 Å². The molecule has 1 aliphatic carbocycles. The van der Waals surface area contributed by atoms with Crippen LogP contribution in [0.2, 0.25) is 0 Å². The smallest absolute Gasteiger partial charge is 0.258 e. The second-order valence-corrected chi connectivity index (χ2v) is 8.24. The fourth-order valence-electron chi connectivity index (χ4n) is 3.44. The highest BCUT2D eigenvalue weighted by Gasteiger charge is 2.26. The number of thiazole rings is 1. The highest BCUT2D eigenvalue weighted by molar-refractivity contribution is 7.09. The van der Waals surface area contributed by atoms with Crippen molar-refractivity contribution in [3.8, 4) is 11.4 Å². The van der Waals surface area contributed by atoms with Crippen LogP contribution in [0.25, 0.3) is 16.6 Å². The van der Waals surface area contributed by atoms with E-state index in [-0.39, 0.29) is 5.56 Å². The van der Waals surface area contributed by atoms with E-state index in [1.807, 2.05) is 36.6 Å². The van der Waals surface area contributed by atoms with Gasteiger partial charge < -0.3 is 4.74 Å². The van der Waals surface area contributed by atoms with E-state index in [1.54, 1.807) is 22.1 Å². The number of aromatic nitrogens is 4. The summed E-state index contributed by atoms with van der Waals surface area (Å²) in [6.45, 7) is 4.42. The molecule has 1 fully saturated rings. The van der Waals surface area contributed by atoms with E-state index in [4.69, 9.17) is 9.84 Å². The number of fused-ring (bicyclic) bond motifs is 1. The lowest BCUT2D eigenvalue weighted by atomic mass is 10.2. The number of benzene rings is 1.